The summed E-state index contributed by atoms with van der Waals surface area (Å²) in [7, 11) is 3.15. The molecule has 0 aliphatic heterocycles. The maximum atomic E-state index is 12.4. The standard InChI is InChI=1S/C20H18Cl2N2O3S/c1-26-17-7-6-12(8-18(17)27-2)10-23-20(25)16-11-28-19(24-16)9-13-14(21)4-3-5-15(13)22/h3-8,11H,9-10H2,1-2H3,(H,23,25). The Morgan fingerprint density at radius 2 is 1.82 bits per heavy atom. The molecule has 2 aromatic carbocycles. The zero-order valence-electron chi connectivity index (χ0n) is 15.3. The van der Waals surface area contributed by atoms with E-state index in [0.29, 0.717) is 40.2 Å². The van der Waals surface area contributed by atoms with E-state index in [1.165, 1.54) is 11.3 Å². The van der Waals surface area contributed by atoms with E-state index in [4.69, 9.17) is 32.7 Å². The number of nitrogens with one attached hydrogen (secondary N) is 1. The number of carbonyl (C=O) groups excluding carboxylic acids is 1. The molecule has 3 aromatic rings. The minimum atomic E-state index is -0.248. The van der Waals surface area contributed by atoms with Crippen LogP contribution in [-0.4, -0.2) is 25.1 Å². The van der Waals surface area contributed by atoms with Crippen molar-refractivity contribution in [2.75, 3.05) is 14.2 Å². The molecule has 0 unspecified atom stereocenters. The van der Waals surface area contributed by atoms with Gasteiger partial charge < -0.3 is 14.8 Å². The number of methoxy groups -OCH3 is 2. The number of thiazole rings is 1. The average molecular weight is 437 g/mol. The van der Waals surface area contributed by atoms with Crippen LogP contribution in [0.15, 0.2) is 41.8 Å². The van der Waals surface area contributed by atoms with Crippen molar-refractivity contribution >= 4 is 40.4 Å². The van der Waals surface area contributed by atoms with Crippen LogP contribution in [0.5, 0.6) is 11.5 Å². The summed E-state index contributed by atoms with van der Waals surface area (Å²) in [6.45, 7) is 0.350. The van der Waals surface area contributed by atoms with Crippen LogP contribution in [0.2, 0.25) is 10.0 Å². The zero-order chi connectivity index (χ0) is 20.1. The van der Waals surface area contributed by atoms with E-state index in [1.807, 2.05) is 12.1 Å². The molecule has 0 saturated heterocycles. The van der Waals surface area contributed by atoms with E-state index in [2.05, 4.69) is 10.3 Å². The Bertz CT molecular complexity index is 971. The average Bonchev–Trinajstić information content (AvgIpc) is 3.17. The minimum absolute atomic E-state index is 0.248. The predicted molar refractivity (Wildman–Crippen MR) is 112 cm³/mol. The van der Waals surface area contributed by atoms with Crippen molar-refractivity contribution in [2.24, 2.45) is 0 Å². The molecule has 0 aliphatic rings. The first-order valence-electron chi connectivity index (χ1n) is 8.38. The number of hydrogen-bond donors (Lipinski definition) is 1. The predicted octanol–water partition coefficient (Wildman–Crippen LogP) is 4.99. The van der Waals surface area contributed by atoms with Crippen LogP contribution < -0.4 is 14.8 Å². The van der Waals surface area contributed by atoms with Crippen LogP contribution in [0.3, 0.4) is 0 Å². The van der Waals surface area contributed by atoms with Gasteiger partial charge in [-0.25, -0.2) is 4.98 Å². The molecule has 3 rings (SSSR count). The lowest BCUT2D eigenvalue weighted by molar-refractivity contribution is 0.0946. The van der Waals surface area contributed by atoms with Gasteiger partial charge in [-0.05, 0) is 35.4 Å². The Kier molecular flexibility index (Phi) is 6.78. The van der Waals surface area contributed by atoms with E-state index in [1.54, 1.807) is 43.9 Å². The SMILES string of the molecule is COc1ccc(CNC(=O)c2csc(Cc3c(Cl)cccc3Cl)n2)cc1OC. The molecule has 1 amide bonds. The van der Waals surface area contributed by atoms with Gasteiger partial charge in [-0.3, -0.25) is 4.79 Å². The normalized spacial score (nSPS) is 10.6. The maximum Gasteiger partial charge on any atom is 0.271 e. The highest BCUT2D eigenvalue weighted by molar-refractivity contribution is 7.09. The van der Waals surface area contributed by atoms with E-state index in [-0.39, 0.29) is 5.91 Å². The van der Waals surface area contributed by atoms with Crippen molar-refractivity contribution in [3.05, 3.63) is 73.7 Å². The largest absolute Gasteiger partial charge is 0.493 e. The molecule has 0 aliphatic carbocycles. The highest BCUT2D eigenvalue weighted by atomic mass is 35.5. The van der Waals surface area contributed by atoms with Crippen LogP contribution >= 0.6 is 34.5 Å². The van der Waals surface area contributed by atoms with Crippen LogP contribution in [0.1, 0.15) is 26.6 Å². The van der Waals surface area contributed by atoms with Gasteiger partial charge in [0, 0.05) is 28.4 Å². The molecule has 0 spiro atoms. The summed E-state index contributed by atoms with van der Waals surface area (Å²) in [4.78, 5) is 16.8. The van der Waals surface area contributed by atoms with Gasteiger partial charge in [0.15, 0.2) is 11.5 Å². The highest BCUT2D eigenvalue weighted by Crippen LogP contribution is 2.28. The number of rotatable bonds is 7. The fraction of sp³-hybridized carbons (Fsp3) is 0.200. The maximum absolute atomic E-state index is 12.4. The number of amides is 1. The first kappa shape index (κ1) is 20.5. The second-order valence-electron chi connectivity index (χ2n) is 5.88. The summed E-state index contributed by atoms with van der Waals surface area (Å²) in [6.07, 6.45) is 0.478. The zero-order valence-corrected chi connectivity index (χ0v) is 17.6. The Morgan fingerprint density at radius 1 is 1.11 bits per heavy atom. The Morgan fingerprint density at radius 3 is 2.50 bits per heavy atom. The summed E-state index contributed by atoms with van der Waals surface area (Å²) in [5, 5.41) is 6.53. The summed E-state index contributed by atoms with van der Waals surface area (Å²) >= 11 is 13.8. The van der Waals surface area contributed by atoms with Crippen molar-refractivity contribution in [3.8, 4) is 11.5 Å². The van der Waals surface area contributed by atoms with Crippen molar-refractivity contribution in [1.82, 2.24) is 10.3 Å². The molecule has 146 valence electrons. The molecule has 1 aromatic heterocycles. The first-order valence-corrected chi connectivity index (χ1v) is 10.0. The molecule has 1 N–H and O–H groups in total. The van der Waals surface area contributed by atoms with E-state index < -0.39 is 0 Å². The van der Waals surface area contributed by atoms with Crippen LogP contribution in [0, 0.1) is 0 Å². The number of benzene rings is 2. The van der Waals surface area contributed by atoms with Crippen molar-refractivity contribution in [1.29, 1.82) is 0 Å². The second kappa shape index (κ2) is 9.28. The number of carbonyl (C=O) groups is 1. The molecule has 0 fully saturated rings. The van der Waals surface area contributed by atoms with Gasteiger partial charge in [0.05, 0.1) is 19.2 Å². The number of halogens is 2. The molecule has 0 atom stereocenters. The van der Waals surface area contributed by atoms with Gasteiger partial charge in [0.1, 0.15) is 5.69 Å². The molecule has 28 heavy (non-hydrogen) atoms. The van der Waals surface area contributed by atoms with Crippen LogP contribution in [0.4, 0.5) is 0 Å². The van der Waals surface area contributed by atoms with Gasteiger partial charge in [-0.2, -0.15) is 0 Å². The number of aromatic nitrogens is 1. The third-order valence-electron chi connectivity index (χ3n) is 4.08. The molecule has 0 radical (unpaired) electrons. The van der Waals surface area contributed by atoms with Gasteiger partial charge in [-0.1, -0.05) is 35.3 Å². The summed E-state index contributed by atoms with van der Waals surface area (Å²) < 4.78 is 10.5. The Balaban J connectivity index is 1.64. The van der Waals surface area contributed by atoms with E-state index in [0.717, 1.165) is 16.1 Å². The number of ether oxygens (including phenoxy) is 2. The molecule has 8 heteroatoms. The topological polar surface area (TPSA) is 60.5 Å². The lowest BCUT2D eigenvalue weighted by Crippen LogP contribution is -2.23. The van der Waals surface area contributed by atoms with E-state index >= 15 is 0 Å². The highest BCUT2D eigenvalue weighted by Gasteiger charge is 2.14. The fourth-order valence-corrected chi connectivity index (χ4v) is 3.93. The fourth-order valence-electron chi connectivity index (χ4n) is 2.61. The van der Waals surface area contributed by atoms with Crippen molar-refractivity contribution in [3.63, 3.8) is 0 Å². The molecular weight excluding hydrogens is 419 g/mol. The summed E-state index contributed by atoms with van der Waals surface area (Å²) in [6, 6.07) is 10.9. The monoisotopic (exact) mass is 436 g/mol. The van der Waals surface area contributed by atoms with Gasteiger partial charge in [-0.15, -0.1) is 11.3 Å². The Labute approximate surface area is 177 Å². The van der Waals surface area contributed by atoms with Gasteiger partial charge >= 0.3 is 0 Å². The quantitative estimate of drug-likeness (QED) is 0.566. The van der Waals surface area contributed by atoms with Crippen molar-refractivity contribution in [2.45, 2.75) is 13.0 Å². The summed E-state index contributed by atoms with van der Waals surface area (Å²) in [5.74, 6) is 1.00. The molecule has 0 bridgehead atoms. The molecule has 0 saturated carbocycles. The number of hydrogen-bond acceptors (Lipinski definition) is 5. The van der Waals surface area contributed by atoms with Crippen LogP contribution in [-0.2, 0) is 13.0 Å². The molecule has 1 heterocycles. The third-order valence-corrected chi connectivity index (χ3v) is 5.63. The van der Waals surface area contributed by atoms with E-state index in [9.17, 15) is 4.79 Å². The number of nitrogens with zero attached hydrogens (tertiary/aromatic N) is 1. The smallest absolute Gasteiger partial charge is 0.271 e. The summed E-state index contributed by atoms with van der Waals surface area (Å²) in [5.41, 5.74) is 2.06. The minimum Gasteiger partial charge on any atom is -0.493 e. The van der Waals surface area contributed by atoms with Gasteiger partial charge in [0.2, 0.25) is 0 Å². The second-order valence-corrected chi connectivity index (χ2v) is 7.63. The lowest BCUT2D eigenvalue weighted by Gasteiger charge is -2.10. The lowest BCUT2D eigenvalue weighted by atomic mass is 10.1. The Hall–Kier alpha value is -2.28. The first-order chi connectivity index (χ1) is 13.5. The molecule has 5 nitrogen and oxygen atoms in total. The molecular formula is C20H18Cl2N2O3S. The third kappa shape index (κ3) is 4.76. The van der Waals surface area contributed by atoms with Crippen LogP contribution in [0.25, 0.3) is 0 Å². The van der Waals surface area contributed by atoms with Crippen molar-refractivity contribution < 1.29 is 14.3 Å². The van der Waals surface area contributed by atoms with Gasteiger partial charge in [0.25, 0.3) is 5.91 Å².